The van der Waals surface area contributed by atoms with Crippen molar-refractivity contribution in [3.05, 3.63) is 35.9 Å². The normalized spacial score (nSPS) is 24.5. The molecule has 1 aliphatic rings. The molecule has 70 valence electrons. The lowest BCUT2D eigenvalue weighted by molar-refractivity contribution is 0.187. The van der Waals surface area contributed by atoms with Gasteiger partial charge in [-0.3, -0.25) is 4.90 Å². The van der Waals surface area contributed by atoms with Gasteiger partial charge in [0, 0.05) is 6.04 Å². The molecule has 1 unspecified atom stereocenters. The molecule has 0 N–H and O–H groups in total. The quantitative estimate of drug-likeness (QED) is 0.634. The molecule has 0 spiro atoms. The third-order valence-corrected chi connectivity index (χ3v) is 2.95. The molecule has 1 aromatic carbocycles. The predicted octanol–water partition coefficient (Wildman–Crippen LogP) is 2.84. The molecule has 0 amide bonds. The monoisotopic (exact) mass is 175 g/mol. The molecule has 13 heavy (non-hydrogen) atoms. The summed E-state index contributed by atoms with van der Waals surface area (Å²) in [5.41, 5.74) is 1.48. The number of hydrogen-bond donors (Lipinski definition) is 0. The fraction of sp³-hybridized carbons (Fsp3) is 0.500. The zero-order chi connectivity index (χ0) is 9.10. The van der Waals surface area contributed by atoms with E-state index in [1.807, 2.05) is 0 Å². The highest BCUT2D eigenvalue weighted by Crippen LogP contribution is 2.28. The number of rotatable bonds is 1. The Morgan fingerprint density at radius 2 is 1.92 bits per heavy atom. The summed E-state index contributed by atoms with van der Waals surface area (Å²) in [4.78, 5) is 2.47. The molecule has 1 saturated heterocycles. The second kappa shape index (κ2) is 3.93. The summed E-state index contributed by atoms with van der Waals surface area (Å²) in [6.45, 7) is 1.25. The van der Waals surface area contributed by atoms with Crippen LogP contribution in [0.2, 0.25) is 0 Å². The highest BCUT2D eigenvalue weighted by molar-refractivity contribution is 5.19. The molecule has 1 heteroatoms. The number of piperidine rings is 1. The molecule has 0 aliphatic carbocycles. The van der Waals surface area contributed by atoms with Crippen LogP contribution in [0.5, 0.6) is 0 Å². The van der Waals surface area contributed by atoms with Crippen LogP contribution < -0.4 is 0 Å². The summed E-state index contributed by atoms with van der Waals surface area (Å²) < 4.78 is 0. The Morgan fingerprint density at radius 1 is 1.15 bits per heavy atom. The van der Waals surface area contributed by atoms with E-state index in [1.165, 1.54) is 31.4 Å². The third-order valence-electron chi connectivity index (χ3n) is 2.95. The van der Waals surface area contributed by atoms with E-state index in [-0.39, 0.29) is 0 Å². The van der Waals surface area contributed by atoms with Gasteiger partial charge in [0.25, 0.3) is 0 Å². The Labute approximate surface area is 80.4 Å². The van der Waals surface area contributed by atoms with Gasteiger partial charge in [-0.25, -0.2) is 0 Å². The molecule has 1 atom stereocenters. The van der Waals surface area contributed by atoms with Crippen LogP contribution in [0.15, 0.2) is 30.3 Å². The molecule has 1 fully saturated rings. The van der Waals surface area contributed by atoms with Crippen LogP contribution in [0.4, 0.5) is 0 Å². The van der Waals surface area contributed by atoms with Crippen LogP contribution >= 0.6 is 0 Å². The number of hydrogen-bond acceptors (Lipinski definition) is 1. The van der Waals surface area contributed by atoms with Gasteiger partial charge in [-0.2, -0.15) is 0 Å². The first-order valence-electron chi connectivity index (χ1n) is 5.13. The molecular formula is C12H17N. The lowest BCUT2D eigenvalue weighted by Gasteiger charge is -2.32. The summed E-state index contributed by atoms with van der Waals surface area (Å²) in [7, 11) is 2.23. The van der Waals surface area contributed by atoms with Gasteiger partial charge in [-0.05, 0) is 32.0 Å². The number of nitrogens with zero attached hydrogens (tertiary/aromatic N) is 1. The number of likely N-dealkylation sites (tertiary alicyclic amines) is 1. The molecule has 1 nitrogen and oxygen atoms in total. The molecule has 1 heterocycles. The largest absolute Gasteiger partial charge is 0.299 e. The van der Waals surface area contributed by atoms with Crippen molar-refractivity contribution < 1.29 is 0 Å². The second-order valence-electron chi connectivity index (χ2n) is 3.90. The first-order valence-corrected chi connectivity index (χ1v) is 5.13. The van der Waals surface area contributed by atoms with E-state index in [0.29, 0.717) is 6.04 Å². The maximum Gasteiger partial charge on any atom is 0.0345 e. The Kier molecular flexibility index (Phi) is 2.65. The summed E-state index contributed by atoms with van der Waals surface area (Å²) in [5, 5.41) is 0. The fourth-order valence-electron chi connectivity index (χ4n) is 2.17. The zero-order valence-corrected chi connectivity index (χ0v) is 8.24. The van der Waals surface area contributed by atoms with Crippen LogP contribution in [-0.4, -0.2) is 18.5 Å². The van der Waals surface area contributed by atoms with Crippen molar-refractivity contribution in [2.45, 2.75) is 25.3 Å². The van der Waals surface area contributed by atoms with Gasteiger partial charge in [0.15, 0.2) is 0 Å². The van der Waals surface area contributed by atoms with Gasteiger partial charge < -0.3 is 0 Å². The van der Waals surface area contributed by atoms with E-state index in [1.54, 1.807) is 0 Å². The van der Waals surface area contributed by atoms with Crippen LogP contribution in [0.1, 0.15) is 30.9 Å². The second-order valence-corrected chi connectivity index (χ2v) is 3.90. The van der Waals surface area contributed by atoms with Crippen molar-refractivity contribution in [1.29, 1.82) is 0 Å². The molecule has 0 saturated carbocycles. The van der Waals surface area contributed by atoms with Gasteiger partial charge in [0.2, 0.25) is 0 Å². The standard InChI is InChI=1S/C12H17N/c1-13-10-6-5-9-12(13)11-7-3-2-4-8-11/h2-4,7-8,12H,5-6,9-10H2,1H3. The van der Waals surface area contributed by atoms with Crippen LogP contribution in [0.3, 0.4) is 0 Å². The van der Waals surface area contributed by atoms with E-state index < -0.39 is 0 Å². The summed E-state index contributed by atoms with van der Waals surface area (Å²) in [6, 6.07) is 11.5. The van der Waals surface area contributed by atoms with Crippen molar-refractivity contribution in [2.24, 2.45) is 0 Å². The lowest BCUT2D eigenvalue weighted by atomic mass is 9.96. The van der Waals surface area contributed by atoms with Crippen molar-refractivity contribution in [1.82, 2.24) is 4.90 Å². The highest BCUT2D eigenvalue weighted by atomic mass is 15.1. The Hall–Kier alpha value is -0.820. The molecule has 2 rings (SSSR count). The summed E-state index contributed by atoms with van der Waals surface area (Å²) in [6.07, 6.45) is 4.06. The Bertz CT molecular complexity index is 255. The third kappa shape index (κ3) is 1.92. The van der Waals surface area contributed by atoms with Gasteiger partial charge >= 0.3 is 0 Å². The van der Waals surface area contributed by atoms with E-state index in [4.69, 9.17) is 0 Å². The van der Waals surface area contributed by atoms with E-state index in [9.17, 15) is 0 Å². The van der Waals surface area contributed by atoms with E-state index in [0.717, 1.165) is 0 Å². The maximum atomic E-state index is 2.47. The summed E-state index contributed by atoms with van der Waals surface area (Å²) >= 11 is 0. The minimum Gasteiger partial charge on any atom is -0.299 e. The average Bonchev–Trinajstić information content (AvgIpc) is 2.20. The minimum atomic E-state index is 0.662. The lowest BCUT2D eigenvalue weighted by Crippen LogP contribution is -2.29. The number of benzene rings is 1. The Morgan fingerprint density at radius 3 is 2.62 bits per heavy atom. The molecule has 1 aliphatic heterocycles. The Balaban J connectivity index is 2.15. The molecule has 0 bridgehead atoms. The SMILES string of the molecule is CN1CCCCC1c1ccccc1. The summed E-state index contributed by atoms with van der Waals surface area (Å²) in [5.74, 6) is 0. The van der Waals surface area contributed by atoms with Gasteiger partial charge in [-0.1, -0.05) is 36.8 Å². The smallest absolute Gasteiger partial charge is 0.0345 e. The molecular weight excluding hydrogens is 158 g/mol. The minimum absolute atomic E-state index is 0.662. The topological polar surface area (TPSA) is 3.24 Å². The predicted molar refractivity (Wildman–Crippen MR) is 55.7 cm³/mol. The van der Waals surface area contributed by atoms with E-state index in [2.05, 4.69) is 42.3 Å². The molecule has 0 radical (unpaired) electrons. The van der Waals surface area contributed by atoms with E-state index >= 15 is 0 Å². The van der Waals surface area contributed by atoms with Gasteiger partial charge in [-0.15, -0.1) is 0 Å². The van der Waals surface area contributed by atoms with Crippen molar-refractivity contribution in [3.63, 3.8) is 0 Å². The van der Waals surface area contributed by atoms with Gasteiger partial charge in [0.1, 0.15) is 0 Å². The van der Waals surface area contributed by atoms with Gasteiger partial charge in [0.05, 0.1) is 0 Å². The fourth-order valence-corrected chi connectivity index (χ4v) is 2.17. The first kappa shape index (κ1) is 8.76. The van der Waals surface area contributed by atoms with Crippen LogP contribution in [-0.2, 0) is 0 Å². The first-order chi connectivity index (χ1) is 6.38. The average molecular weight is 175 g/mol. The van der Waals surface area contributed by atoms with Crippen molar-refractivity contribution in [2.75, 3.05) is 13.6 Å². The van der Waals surface area contributed by atoms with Crippen LogP contribution in [0, 0.1) is 0 Å². The zero-order valence-electron chi connectivity index (χ0n) is 8.24. The molecule has 0 aromatic heterocycles. The van der Waals surface area contributed by atoms with Crippen molar-refractivity contribution >= 4 is 0 Å². The highest BCUT2D eigenvalue weighted by Gasteiger charge is 2.19. The van der Waals surface area contributed by atoms with Crippen LogP contribution in [0.25, 0.3) is 0 Å². The van der Waals surface area contributed by atoms with Crippen molar-refractivity contribution in [3.8, 4) is 0 Å². The molecule has 1 aromatic rings. The maximum absolute atomic E-state index is 2.47.